The molecule has 1 aromatic carbocycles. The molecule has 0 bridgehead atoms. The van der Waals surface area contributed by atoms with E-state index in [9.17, 15) is 4.79 Å². The third-order valence-corrected chi connectivity index (χ3v) is 3.69. The number of carbonyl (C=O) groups is 1. The zero-order valence-electron chi connectivity index (χ0n) is 12.5. The topological polar surface area (TPSA) is 72.9 Å². The third kappa shape index (κ3) is 2.27. The van der Waals surface area contributed by atoms with Gasteiger partial charge in [-0.05, 0) is 44.9 Å². The number of nitrogen functional groups attached to an aromatic ring is 1. The molecule has 2 rings (SSSR count). The molecule has 0 unspecified atom stereocenters. The van der Waals surface area contributed by atoms with Gasteiger partial charge < -0.3 is 11.1 Å². The van der Waals surface area contributed by atoms with Crippen LogP contribution in [0.5, 0.6) is 0 Å². The molecule has 0 saturated carbocycles. The number of anilines is 2. The zero-order chi connectivity index (χ0) is 15.0. The molecule has 1 aromatic heterocycles. The lowest BCUT2D eigenvalue weighted by Gasteiger charge is -2.13. The summed E-state index contributed by atoms with van der Waals surface area (Å²) in [5, 5.41) is 7.23. The quantitative estimate of drug-likeness (QED) is 0.825. The number of aromatic nitrogens is 2. The number of rotatable bonds is 2. The molecule has 1 heterocycles. The van der Waals surface area contributed by atoms with Crippen LogP contribution in [0.3, 0.4) is 0 Å². The van der Waals surface area contributed by atoms with Gasteiger partial charge in [-0.3, -0.25) is 9.48 Å². The van der Waals surface area contributed by atoms with Gasteiger partial charge in [0, 0.05) is 24.1 Å². The summed E-state index contributed by atoms with van der Waals surface area (Å²) in [6, 6.07) is 3.75. The summed E-state index contributed by atoms with van der Waals surface area (Å²) in [6.45, 7) is 7.57. The average Bonchev–Trinajstić information content (AvgIpc) is 2.63. The van der Waals surface area contributed by atoms with Crippen LogP contribution in [0.4, 0.5) is 11.4 Å². The lowest BCUT2D eigenvalue weighted by atomic mass is 10.1. The maximum atomic E-state index is 12.5. The molecule has 2 aromatic rings. The molecule has 0 fully saturated rings. The van der Waals surface area contributed by atoms with Gasteiger partial charge in [0.15, 0.2) is 0 Å². The Morgan fingerprint density at radius 3 is 2.45 bits per heavy atom. The molecular formula is C15H20N4O. The van der Waals surface area contributed by atoms with E-state index >= 15 is 0 Å². The Balaban J connectivity index is 2.40. The van der Waals surface area contributed by atoms with E-state index in [0.717, 1.165) is 28.2 Å². The van der Waals surface area contributed by atoms with Gasteiger partial charge in [-0.25, -0.2) is 0 Å². The van der Waals surface area contributed by atoms with Gasteiger partial charge in [0.05, 0.1) is 11.3 Å². The van der Waals surface area contributed by atoms with Gasteiger partial charge in [0.25, 0.3) is 5.91 Å². The molecule has 0 aliphatic rings. The maximum Gasteiger partial charge on any atom is 0.259 e. The first kappa shape index (κ1) is 14.1. The van der Waals surface area contributed by atoms with Gasteiger partial charge in [0.2, 0.25) is 0 Å². The molecule has 0 spiro atoms. The Morgan fingerprint density at radius 1 is 1.25 bits per heavy atom. The summed E-state index contributed by atoms with van der Waals surface area (Å²) >= 11 is 0. The smallest absolute Gasteiger partial charge is 0.259 e. The van der Waals surface area contributed by atoms with Crippen molar-refractivity contribution in [3.8, 4) is 0 Å². The van der Waals surface area contributed by atoms with Crippen molar-refractivity contribution >= 4 is 17.3 Å². The summed E-state index contributed by atoms with van der Waals surface area (Å²) < 4.78 is 1.71. The summed E-state index contributed by atoms with van der Waals surface area (Å²) in [5.41, 5.74) is 11.4. The van der Waals surface area contributed by atoms with Crippen LogP contribution in [-0.4, -0.2) is 15.7 Å². The number of nitrogens with two attached hydrogens (primary N) is 1. The lowest BCUT2D eigenvalue weighted by Crippen LogP contribution is -2.16. The Labute approximate surface area is 118 Å². The molecule has 5 heteroatoms. The largest absolute Gasteiger partial charge is 0.398 e. The van der Waals surface area contributed by atoms with Crippen molar-refractivity contribution in [3.63, 3.8) is 0 Å². The van der Waals surface area contributed by atoms with Gasteiger partial charge in [-0.15, -0.1) is 0 Å². The number of amides is 1. The first-order valence-corrected chi connectivity index (χ1v) is 6.50. The maximum absolute atomic E-state index is 12.5. The minimum absolute atomic E-state index is 0.148. The molecule has 20 heavy (non-hydrogen) atoms. The van der Waals surface area contributed by atoms with E-state index in [1.807, 2.05) is 46.9 Å². The minimum Gasteiger partial charge on any atom is -0.398 e. The van der Waals surface area contributed by atoms with Crippen LogP contribution in [0.15, 0.2) is 12.1 Å². The lowest BCUT2D eigenvalue weighted by molar-refractivity contribution is 0.102. The fourth-order valence-electron chi connectivity index (χ4n) is 2.33. The molecule has 3 N–H and O–H groups in total. The fourth-order valence-corrected chi connectivity index (χ4v) is 2.33. The Morgan fingerprint density at radius 2 is 1.90 bits per heavy atom. The van der Waals surface area contributed by atoms with Crippen LogP contribution in [-0.2, 0) is 7.05 Å². The summed E-state index contributed by atoms with van der Waals surface area (Å²) in [4.78, 5) is 12.5. The second kappa shape index (κ2) is 5.00. The predicted octanol–water partition coefficient (Wildman–Crippen LogP) is 2.49. The van der Waals surface area contributed by atoms with Gasteiger partial charge >= 0.3 is 0 Å². The van der Waals surface area contributed by atoms with Crippen molar-refractivity contribution < 1.29 is 4.79 Å². The van der Waals surface area contributed by atoms with Gasteiger partial charge in [0.1, 0.15) is 0 Å². The van der Waals surface area contributed by atoms with E-state index in [1.165, 1.54) is 0 Å². The molecular weight excluding hydrogens is 252 g/mol. The molecule has 106 valence electrons. The van der Waals surface area contributed by atoms with E-state index in [2.05, 4.69) is 10.4 Å². The highest BCUT2D eigenvalue weighted by Crippen LogP contribution is 2.26. The first-order valence-electron chi connectivity index (χ1n) is 6.50. The highest BCUT2D eigenvalue weighted by Gasteiger charge is 2.19. The molecule has 1 amide bonds. The average molecular weight is 272 g/mol. The molecule has 0 saturated heterocycles. The van der Waals surface area contributed by atoms with E-state index < -0.39 is 0 Å². The Kier molecular flexibility index (Phi) is 3.53. The number of hydrogen-bond acceptors (Lipinski definition) is 3. The van der Waals surface area contributed by atoms with Crippen LogP contribution in [0.1, 0.15) is 32.9 Å². The van der Waals surface area contributed by atoms with Crippen LogP contribution < -0.4 is 11.1 Å². The van der Waals surface area contributed by atoms with Gasteiger partial charge in [-0.1, -0.05) is 6.07 Å². The first-order chi connectivity index (χ1) is 9.32. The number of nitrogens with one attached hydrogen (secondary N) is 1. The van der Waals surface area contributed by atoms with Crippen LogP contribution >= 0.6 is 0 Å². The summed E-state index contributed by atoms with van der Waals surface area (Å²) in [5.74, 6) is -0.148. The standard InChI is InChI=1S/C15H20N4O/c1-8-6-7-12(16)9(2)14(8)17-15(20)13-10(3)18-19(5)11(13)4/h6-7H,16H2,1-5H3,(H,17,20). The third-order valence-electron chi connectivity index (χ3n) is 3.69. The molecule has 0 radical (unpaired) electrons. The summed E-state index contributed by atoms with van der Waals surface area (Å²) in [6.07, 6.45) is 0. The monoisotopic (exact) mass is 272 g/mol. The SMILES string of the molecule is Cc1ccc(N)c(C)c1NC(=O)c1c(C)nn(C)c1C. The normalized spacial score (nSPS) is 10.7. The fraction of sp³-hybridized carbons (Fsp3) is 0.333. The van der Waals surface area contributed by atoms with E-state index in [-0.39, 0.29) is 5.91 Å². The zero-order valence-corrected chi connectivity index (χ0v) is 12.5. The van der Waals surface area contributed by atoms with Crippen LogP contribution in [0.25, 0.3) is 0 Å². The second-order valence-corrected chi connectivity index (χ2v) is 5.10. The molecule has 0 atom stereocenters. The number of hydrogen-bond donors (Lipinski definition) is 2. The number of nitrogens with zero attached hydrogens (tertiary/aromatic N) is 2. The second-order valence-electron chi connectivity index (χ2n) is 5.10. The van der Waals surface area contributed by atoms with Crippen molar-refractivity contribution in [1.82, 2.24) is 9.78 Å². The predicted molar refractivity (Wildman–Crippen MR) is 81.0 cm³/mol. The van der Waals surface area contributed by atoms with Crippen molar-refractivity contribution in [2.75, 3.05) is 11.1 Å². The van der Waals surface area contributed by atoms with Crippen LogP contribution in [0, 0.1) is 27.7 Å². The summed E-state index contributed by atoms with van der Waals surface area (Å²) in [7, 11) is 1.83. The minimum atomic E-state index is -0.148. The van der Waals surface area contributed by atoms with Crippen LogP contribution in [0.2, 0.25) is 0 Å². The van der Waals surface area contributed by atoms with E-state index in [0.29, 0.717) is 11.3 Å². The highest BCUT2D eigenvalue weighted by atomic mass is 16.1. The Bertz CT molecular complexity index is 686. The van der Waals surface area contributed by atoms with E-state index in [4.69, 9.17) is 5.73 Å². The Hall–Kier alpha value is -2.30. The number of benzene rings is 1. The van der Waals surface area contributed by atoms with Crippen molar-refractivity contribution in [3.05, 3.63) is 40.2 Å². The molecule has 5 nitrogen and oxygen atoms in total. The van der Waals surface area contributed by atoms with Crippen molar-refractivity contribution in [2.24, 2.45) is 7.05 Å². The van der Waals surface area contributed by atoms with Crippen molar-refractivity contribution in [1.29, 1.82) is 0 Å². The molecule has 0 aliphatic carbocycles. The number of carbonyl (C=O) groups excluding carboxylic acids is 1. The molecule has 0 aliphatic heterocycles. The highest BCUT2D eigenvalue weighted by molar-refractivity contribution is 6.06. The van der Waals surface area contributed by atoms with E-state index in [1.54, 1.807) is 4.68 Å². The van der Waals surface area contributed by atoms with Crippen molar-refractivity contribution in [2.45, 2.75) is 27.7 Å². The van der Waals surface area contributed by atoms with Gasteiger partial charge in [-0.2, -0.15) is 5.10 Å². The number of aryl methyl sites for hydroxylation is 3.